The lowest BCUT2D eigenvalue weighted by Gasteiger charge is -2.10. The van der Waals surface area contributed by atoms with E-state index in [-0.39, 0.29) is 0 Å². The second kappa shape index (κ2) is 4.51. The molecule has 0 aliphatic heterocycles. The summed E-state index contributed by atoms with van der Waals surface area (Å²) in [6.07, 6.45) is 0. The van der Waals surface area contributed by atoms with Crippen LogP contribution in [-0.4, -0.2) is 10.2 Å². The largest absolute Gasteiger partial charge is 0.429 e. The topological polar surface area (TPSA) is 35.0 Å². The van der Waals surface area contributed by atoms with Gasteiger partial charge in [0.2, 0.25) is 0 Å². The highest BCUT2D eigenvalue weighted by atomic mass is 79.9. The minimum atomic E-state index is 0.559. The summed E-state index contributed by atoms with van der Waals surface area (Å²) in [5, 5.41) is 8.34. The van der Waals surface area contributed by atoms with Crippen molar-refractivity contribution in [3.8, 4) is 10.9 Å². The number of hydrogen-bond donors (Lipinski definition) is 0. The lowest BCUT2D eigenvalue weighted by molar-refractivity contribution is 0.465. The molecule has 0 spiro atoms. The van der Waals surface area contributed by atoms with E-state index in [1.807, 2.05) is 19.9 Å². The first kappa shape index (κ1) is 11.5. The van der Waals surface area contributed by atoms with Crippen LogP contribution in [0.3, 0.4) is 0 Å². The van der Waals surface area contributed by atoms with E-state index in [0.717, 1.165) is 20.8 Å². The fraction of sp³-hybridized carbons (Fsp3) is 0.273. The van der Waals surface area contributed by atoms with Gasteiger partial charge < -0.3 is 4.74 Å². The molecule has 0 unspecified atom stereocenters. The zero-order chi connectivity index (χ0) is 11.7. The molecule has 0 amide bonds. The molecule has 1 aromatic heterocycles. The second-order valence-corrected chi connectivity index (χ2v) is 5.79. The molecule has 0 atom stereocenters. The number of benzene rings is 1. The summed E-state index contributed by atoms with van der Waals surface area (Å²) in [5.74, 6) is 0.878. The van der Waals surface area contributed by atoms with Crippen LogP contribution in [0.2, 0.25) is 0 Å². The van der Waals surface area contributed by atoms with E-state index in [2.05, 4.69) is 39.1 Å². The summed E-state index contributed by atoms with van der Waals surface area (Å²) in [6.45, 7) is 6.14. The van der Waals surface area contributed by atoms with Crippen LogP contribution < -0.4 is 4.74 Å². The highest BCUT2D eigenvalue weighted by Gasteiger charge is 2.10. The third-order valence-electron chi connectivity index (χ3n) is 2.44. The van der Waals surface area contributed by atoms with Gasteiger partial charge in [-0.2, -0.15) is 0 Å². The van der Waals surface area contributed by atoms with E-state index in [9.17, 15) is 0 Å². The average molecular weight is 299 g/mol. The second-order valence-electron chi connectivity index (χ2n) is 3.58. The Balaban J connectivity index is 2.37. The van der Waals surface area contributed by atoms with Gasteiger partial charge in [-0.3, -0.25) is 0 Å². The molecule has 0 saturated heterocycles. The van der Waals surface area contributed by atoms with Gasteiger partial charge in [0.25, 0.3) is 5.19 Å². The van der Waals surface area contributed by atoms with Crippen LogP contribution in [0.5, 0.6) is 10.9 Å². The van der Waals surface area contributed by atoms with Crippen molar-refractivity contribution in [3.05, 3.63) is 32.7 Å². The maximum Gasteiger partial charge on any atom is 0.300 e. The Kier molecular flexibility index (Phi) is 3.25. The summed E-state index contributed by atoms with van der Waals surface area (Å²) in [4.78, 5) is 0. The third kappa shape index (κ3) is 2.25. The van der Waals surface area contributed by atoms with Gasteiger partial charge in [-0.1, -0.05) is 17.2 Å². The predicted octanol–water partition coefficient (Wildman–Crippen LogP) is 4.02. The fourth-order valence-electron chi connectivity index (χ4n) is 1.40. The van der Waals surface area contributed by atoms with Crippen LogP contribution in [-0.2, 0) is 0 Å². The van der Waals surface area contributed by atoms with Crippen LogP contribution in [0.4, 0.5) is 0 Å². The Bertz CT molecular complexity index is 525. The normalized spacial score (nSPS) is 10.5. The van der Waals surface area contributed by atoms with E-state index < -0.39 is 0 Å². The van der Waals surface area contributed by atoms with Crippen molar-refractivity contribution in [1.29, 1.82) is 0 Å². The van der Waals surface area contributed by atoms with Gasteiger partial charge in [-0.25, -0.2) is 0 Å². The molecule has 2 aromatic rings. The van der Waals surface area contributed by atoms with Gasteiger partial charge in [-0.15, -0.1) is 5.10 Å². The monoisotopic (exact) mass is 298 g/mol. The van der Waals surface area contributed by atoms with Crippen LogP contribution in [0.15, 0.2) is 16.0 Å². The van der Waals surface area contributed by atoms with Crippen molar-refractivity contribution in [2.45, 2.75) is 20.8 Å². The molecule has 1 heterocycles. The molecule has 84 valence electrons. The van der Waals surface area contributed by atoms with Crippen LogP contribution >= 0.6 is 27.3 Å². The molecule has 5 heteroatoms. The zero-order valence-corrected chi connectivity index (χ0v) is 11.6. The standard InChI is InChI=1S/C11H11BrN2OS/c1-6-4-5-7(2)9(8(6)3)15-11-14-13-10(12)16-11/h4-5H,1-3H3. The Morgan fingerprint density at radius 3 is 2.44 bits per heavy atom. The van der Waals surface area contributed by atoms with Crippen molar-refractivity contribution in [3.63, 3.8) is 0 Å². The zero-order valence-electron chi connectivity index (χ0n) is 9.24. The number of nitrogens with zero attached hydrogens (tertiary/aromatic N) is 2. The fourth-order valence-corrected chi connectivity index (χ4v) is 2.33. The lowest BCUT2D eigenvalue weighted by Crippen LogP contribution is -1.93. The molecule has 3 nitrogen and oxygen atoms in total. The highest BCUT2D eigenvalue weighted by Crippen LogP contribution is 2.33. The molecule has 2 rings (SSSR count). The summed E-state index contributed by atoms with van der Waals surface area (Å²) >= 11 is 4.64. The molecule has 0 saturated carbocycles. The average Bonchev–Trinajstić information content (AvgIpc) is 2.65. The highest BCUT2D eigenvalue weighted by molar-refractivity contribution is 9.11. The Hall–Kier alpha value is -0.940. The SMILES string of the molecule is Cc1ccc(C)c(Oc2nnc(Br)s2)c1C. The van der Waals surface area contributed by atoms with Crippen molar-refractivity contribution < 1.29 is 4.74 Å². The summed E-state index contributed by atoms with van der Waals surface area (Å²) in [7, 11) is 0. The Labute approximate surface area is 107 Å². The molecular weight excluding hydrogens is 288 g/mol. The van der Waals surface area contributed by atoms with Gasteiger partial charge in [0.15, 0.2) is 3.92 Å². The number of halogens is 1. The van der Waals surface area contributed by atoms with E-state index in [1.54, 1.807) is 0 Å². The Morgan fingerprint density at radius 2 is 1.81 bits per heavy atom. The van der Waals surface area contributed by atoms with E-state index in [1.165, 1.54) is 16.9 Å². The lowest BCUT2D eigenvalue weighted by atomic mass is 10.1. The van der Waals surface area contributed by atoms with E-state index in [0.29, 0.717) is 5.19 Å². The first-order valence-electron chi connectivity index (χ1n) is 4.81. The molecule has 0 N–H and O–H groups in total. The third-order valence-corrected chi connectivity index (χ3v) is 3.68. The summed E-state index contributed by atoms with van der Waals surface area (Å²) in [5.41, 5.74) is 3.46. The number of rotatable bonds is 2. The minimum Gasteiger partial charge on any atom is -0.429 e. The predicted molar refractivity (Wildman–Crippen MR) is 68.3 cm³/mol. The number of aryl methyl sites for hydroxylation is 2. The van der Waals surface area contributed by atoms with Crippen molar-refractivity contribution in [2.75, 3.05) is 0 Å². The van der Waals surface area contributed by atoms with Gasteiger partial charge in [0.1, 0.15) is 5.75 Å². The van der Waals surface area contributed by atoms with Gasteiger partial charge in [0, 0.05) is 0 Å². The first-order chi connectivity index (χ1) is 7.58. The van der Waals surface area contributed by atoms with Gasteiger partial charge in [-0.05, 0) is 64.7 Å². The molecule has 0 aliphatic carbocycles. The Morgan fingerprint density at radius 1 is 1.12 bits per heavy atom. The first-order valence-corrected chi connectivity index (χ1v) is 6.42. The maximum atomic E-state index is 5.76. The van der Waals surface area contributed by atoms with Crippen LogP contribution in [0.25, 0.3) is 0 Å². The van der Waals surface area contributed by atoms with Crippen LogP contribution in [0.1, 0.15) is 16.7 Å². The number of ether oxygens (including phenoxy) is 1. The molecular formula is C11H11BrN2OS. The molecule has 0 radical (unpaired) electrons. The van der Waals surface area contributed by atoms with Gasteiger partial charge in [0.05, 0.1) is 0 Å². The molecule has 16 heavy (non-hydrogen) atoms. The molecule has 1 aromatic carbocycles. The van der Waals surface area contributed by atoms with Gasteiger partial charge >= 0.3 is 0 Å². The quantitative estimate of drug-likeness (QED) is 0.840. The number of aromatic nitrogens is 2. The smallest absolute Gasteiger partial charge is 0.300 e. The van der Waals surface area contributed by atoms with Crippen molar-refractivity contribution in [1.82, 2.24) is 10.2 Å². The van der Waals surface area contributed by atoms with E-state index in [4.69, 9.17) is 4.74 Å². The minimum absolute atomic E-state index is 0.559. The van der Waals surface area contributed by atoms with Crippen LogP contribution in [0, 0.1) is 20.8 Å². The molecule has 0 aliphatic rings. The summed E-state index contributed by atoms with van der Waals surface area (Å²) in [6, 6.07) is 4.14. The van der Waals surface area contributed by atoms with E-state index >= 15 is 0 Å². The maximum absolute atomic E-state index is 5.76. The van der Waals surface area contributed by atoms with Crippen molar-refractivity contribution >= 4 is 27.3 Å². The number of hydrogen-bond acceptors (Lipinski definition) is 4. The molecule has 0 bridgehead atoms. The van der Waals surface area contributed by atoms with Crippen molar-refractivity contribution in [2.24, 2.45) is 0 Å². The molecule has 0 fully saturated rings. The summed E-state index contributed by atoms with van der Waals surface area (Å²) < 4.78 is 6.48.